The van der Waals surface area contributed by atoms with Crippen LogP contribution in [0.15, 0.2) is 78.9 Å². The van der Waals surface area contributed by atoms with E-state index in [-0.39, 0.29) is 5.82 Å². The lowest BCUT2D eigenvalue weighted by Crippen LogP contribution is -2.47. The van der Waals surface area contributed by atoms with E-state index in [2.05, 4.69) is 63.3 Å². The molecule has 1 aliphatic rings. The van der Waals surface area contributed by atoms with Crippen molar-refractivity contribution >= 4 is 10.9 Å². The van der Waals surface area contributed by atoms with Gasteiger partial charge in [0.05, 0.1) is 0 Å². The number of benzene rings is 3. The predicted molar refractivity (Wildman–Crippen MR) is 130 cm³/mol. The lowest BCUT2D eigenvalue weighted by molar-refractivity contribution is 0.135. The van der Waals surface area contributed by atoms with E-state index < -0.39 is 0 Å². The van der Waals surface area contributed by atoms with Crippen molar-refractivity contribution in [2.45, 2.75) is 12.8 Å². The van der Waals surface area contributed by atoms with E-state index in [1.165, 1.54) is 22.6 Å². The van der Waals surface area contributed by atoms with Gasteiger partial charge in [-0.3, -0.25) is 0 Å². The summed E-state index contributed by atoms with van der Waals surface area (Å²) in [5.41, 5.74) is 5.79. The molecule has 3 aromatic carbocycles. The van der Waals surface area contributed by atoms with Crippen LogP contribution in [0.1, 0.15) is 11.1 Å². The first kappa shape index (κ1) is 20.9. The van der Waals surface area contributed by atoms with Crippen LogP contribution in [0.5, 0.6) is 0 Å². The Hall–Kier alpha value is -2.95. The van der Waals surface area contributed by atoms with E-state index in [4.69, 9.17) is 0 Å². The Labute approximate surface area is 189 Å². The van der Waals surface area contributed by atoms with Gasteiger partial charge in [0.15, 0.2) is 0 Å². The molecule has 0 radical (unpaired) electrons. The number of piperazine rings is 1. The number of nitrogens with one attached hydrogen (secondary N) is 1. The predicted octanol–water partition coefficient (Wildman–Crippen LogP) is 5.38. The van der Waals surface area contributed by atoms with Gasteiger partial charge in [-0.05, 0) is 42.2 Å². The zero-order valence-electron chi connectivity index (χ0n) is 18.4. The normalized spacial score (nSPS) is 15.4. The van der Waals surface area contributed by atoms with Crippen LogP contribution < -0.4 is 0 Å². The number of rotatable bonds is 7. The van der Waals surface area contributed by atoms with Gasteiger partial charge in [0.2, 0.25) is 0 Å². The highest BCUT2D eigenvalue weighted by molar-refractivity contribution is 5.90. The van der Waals surface area contributed by atoms with Crippen molar-refractivity contribution < 1.29 is 4.39 Å². The van der Waals surface area contributed by atoms with Gasteiger partial charge in [0.25, 0.3) is 0 Å². The zero-order chi connectivity index (χ0) is 21.8. The van der Waals surface area contributed by atoms with Gasteiger partial charge in [-0.2, -0.15) is 0 Å². The molecule has 5 rings (SSSR count). The number of hydrogen-bond acceptors (Lipinski definition) is 2. The summed E-state index contributed by atoms with van der Waals surface area (Å²) in [5, 5.41) is 1.24. The number of fused-ring (bicyclic) bond motifs is 1. The maximum absolute atomic E-state index is 13.9. The third-order valence-corrected chi connectivity index (χ3v) is 6.63. The molecule has 0 bridgehead atoms. The minimum absolute atomic E-state index is 0.196. The average molecular weight is 428 g/mol. The van der Waals surface area contributed by atoms with Crippen molar-refractivity contribution in [3.8, 4) is 11.3 Å². The van der Waals surface area contributed by atoms with Gasteiger partial charge < -0.3 is 14.8 Å². The molecule has 1 saturated heterocycles. The van der Waals surface area contributed by atoms with Gasteiger partial charge in [0, 0.05) is 61.4 Å². The van der Waals surface area contributed by atoms with Crippen LogP contribution >= 0.6 is 0 Å². The number of aromatic amines is 1. The van der Waals surface area contributed by atoms with E-state index in [1.54, 1.807) is 12.1 Å². The van der Waals surface area contributed by atoms with Gasteiger partial charge in [-0.1, -0.05) is 60.7 Å². The molecule has 0 amide bonds. The van der Waals surface area contributed by atoms with Crippen molar-refractivity contribution in [1.82, 2.24) is 14.8 Å². The monoisotopic (exact) mass is 427 g/mol. The molecular formula is C28H30FN3. The Kier molecular flexibility index (Phi) is 6.33. The number of H-pyrrole nitrogens is 1. The maximum atomic E-state index is 13.9. The van der Waals surface area contributed by atoms with Crippen LogP contribution in [0.3, 0.4) is 0 Å². The van der Waals surface area contributed by atoms with Crippen LogP contribution in [-0.4, -0.2) is 54.1 Å². The molecule has 0 aliphatic carbocycles. The van der Waals surface area contributed by atoms with E-state index in [1.807, 2.05) is 12.1 Å². The second kappa shape index (κ2) is 9.68. The zero-order valence-corrected chi connectivity index (χ0v) is 18.4. The molecule has 32 heavy (non-hydrogen) atoms. The Bertz CT molecular complexity index is 1160. The van der Waals surface area contributed by atoms with Gasteiger partial charge >= 0.3 is 0 Å². The molecule has 1 aliphatic heterocycles. The van der Waals surface area contributed by atoms with Crippen molar-refractivity contribution in [2.75, 3.05) is 39.3 Å². The summed E-state index contributed by atoms with van der Waals surface area (Å²) in [5.74, 6) is -0.196. The fourth-order valence-corrected chi connectivity index (χ4v) is 4.79. The lowest BCUT2D eigenvalue weighted by atomic mass is 10.0. The first-order valence-corrected chi connectivity index (χ1v) is 11.6. The number of hydrogen-bond donors (Lipinski definition) is 1. The molecule has 4 heteroatoms. The molecule has 0 unspecified atom stereocenters. The second-order valence-electron chi connectivity index (χ2n) is 8.70. The molecule has 0 saturated carbocycles. The van der Waals surface area contributed by atoms with E-state index >= 15 is 0 Å². The number of para-hydroxylation sites is 1. The smallest absolute Gasteiger partial charge is 0.123 e. The minimum Gasteiger partial charge on any atom is -0.354 e. The topological polar surface area (TPSA) is 22.3 Å². The van der Waals surface area contributed by atoms with Crippen LogP contribution in [0.4, 0.5) is 4.39 Å². The molecule has 0 spiro atoms. The third kappa shape index (κ3) is 4.77. The number of halogens is 1. The highest BCUT2D eigenvalue weighted by Crippen LogP contribution is 2.31. The molecule has 1 aromatic heterocycles. The lowest BCUT2D eigenvalue weighted by Gasteiger charge is -2.34. The van der Waals surface area contributed by atoms with Crippen molar-refractivity contribution in [1.29, 1.82) is 0 Å². The van der Waals surface area contributed by atoms with Crippen molar-refractivity contribution in [2.24, 2.45) is 0 Å². The first-order chi connectivity index (χ1) is 15.8. The minimum atomic E-state index is -0.196. The van der Waals surface area contributed by atoms with E-state index in [0.717, 1.165) is 68.9 Å². The summed E-state index contributed by atoms with van der Waals surface area (Å²) < 4.78 is 13.9. The fraction of sp³-hybridized carbons (Fsp3) is 0.286. The molecule has 4 aromatic rings. The average Bonchev–Trinajstić information content (AvgIpc) is 3.21. The molecule has 1 fully saturated rings. The van der Waals surface area contributed by atoms with Crippen LogP contribution in [0.2, 0.25) is 0 Å². The third-order valence-electron chi connectivity index (χ3n) is 6.63. The molecular weight excluding hydrogens is 397 g/mol. The Morgan fingerprint density at radius 2 is 1.41 bits per heavy atom. The van der Waals surface area contributed by atoms with Gasteiger partial charge in [0.1, 0.15) is 5.82 Å². The molecule has 1 N–H and O–H groups in total. The molecule has 0 atom stereocenters. The summed E-state index contributed by atoms with van der Waals surface area (Å²) in [6, 6.07) is 26.1. The second-order valence-corrected chi connectivity index (χ2v) is 8.70. The first-order valence-electron chi connectivity index (χ1n) is 11.6. The summed E-state index contributed by atoms with van der Waals surface area (Å²) >= 11 is 0. The van der Waals surface area contributed by atoms with Crippen LogP contribution in [-0.2, 0) is 12.8 Å². The summed E-state index contributed by atoms with van der Waals surface area (Å²) in [4.78, 5) is 8.68. The SMILES string of the molecule is Fc1cccc(-c2[nH]c3ccccc3c2CCN2CCN(CCc3ccccc3)CC2)c1. The van der Waals surface area contributed by atoms with Crippen LogP contribution in [0, 0.1) is 5.82 Å². The Balaban J connectivity index is 1.23. The van der Waals surface area contributed by atoms with E-state index in [0.29, 0.717) is 0 Å². The molecule has 164 valence electrons. The maximum Gasteiger partial charge on any atom is 0.123 e. The largest absolute Gasteiger partial charge is 0.354 e. The standard InChI is InChI=1S/C28H30FN3/c29-24-10-6-9-23(21-24)28-26(25-11-4-5-12-27(25)30-28)14-16-32-19-17-31(18-20-32)15-13-22-7-2-1-3-8-22/h1-12,21,30H,13-20H2. The Morgan fingerprint density at radius 1 is 0.719 bits per heavy atom. The van der Waals surface area contributed by atoms with Crippen molar-refractivity contribution in [3.05, 3.63) is 95.8 Å². The summed E-state index contributed by atoms with van der Waals surface area (Å²) in [7, 11) is 0. The molecule has 3 nitrogen and oxygen atoms in total. The van der Waals surface area contributed by atoms with Crippen molar-refractivity contribution in [3.63, 3.8) is 0 Å². The molecule has 2 heterocycles. The Morgan fingerprint density at radius 3 is 2.16 bits per heavy atom. The summed E-state index contributed by atoms with van der Waals surface area (Å²) in [6.07, 6.45) is 2.08. The number of aromatic nitrogens is 1. The highest BCUT2D eigenvalue weighted by atomic mass is 19.1. The van der Waals surface area contributed by atoms with Gasteiger partial charge in [-0.25, -0.2) is 4.39 Å². The summed E-state index contributed by atoms with van der Waals surface area (Å²) in [6.45, 7) is 6.61. The number of nitrogens with zero attached hydrogens (tertiary/aromatic N) is 2. The van der Waals surface area contributed by atoms with Crippen LogP contribution in [0.25, 0.3) is 22.2 Å². The van der Waals surface area contributed by atoms with E-state index in [9.17, 15) is 4.39 Å². The quantitative estimate of drug-likeness (QED) is 0.428. The fourth-order valence-electron chi connectivity index (χ4n) is 4.79. The van der Waals surface area contributed by atoms with Gasteiger partial charge in [-0.15, -0.1) is 0 Å². The highest BCUT2D eigenvalue weighted by Gasteiger charge is 2.19.